The van der Waals surface area contributed by atoms with Crippen molar-refractivity contribution in [3.05, 3.63) is 54.1 Å². The number of carbonyl (C=O) groups is 2. The molecule has 0 spiro atoms. The second-order valence-electron chi connectivity index (χ2n) is 7.22. The van der Waals surface area contributed by atoms with Crippen molar-refractivity contribution in [1.29, 1.82) is 0 Å². The Kier molecular flexibility index (Phi) is 6.20. The van der Waals surface area contributed by atoms with Crippen molar-refractivity contribution in [3.8, 4) is 5.75 Å². The molecule has 0 aromatic heterocycles. The van der Waals surface area contributed by atoms with Crippen molar-refractivity contribution in [3.63, 3.8) is 0 Å². The van der Waals surface area contributed by atoms with Crippen LogP contribution in [0, 0.1) is 5.41 Å². The molecule has 7 heteroatoms. The molecule has 1 aliphatic rings. The van der Waals surface area contributed by atoms with Crippen LogP contribution in [0.15, 0.2) is 48.5 Å². The van der Waals surface area contributed by atoms with Gasteiger partial charge in [-0.25, -0.2) is 0 Å². The lowest BCUT2D eigenvalue weighted by atomic mass is 9.95. The van der Waals surface area contributed by atoms with E-state index in [4.69, 9.17) is 16.3 Å². The Bertz CT molecular complexity index is 853. The van der Waals surface area contributed by atoms with Crippen LogP contribution in [-0.2, 0) is 9.59 Å². The molecule has 1 unspecified atom stereocenters. The third-order valence-electron chi connectivity index (χ3n) is 4.62. The van der Waals surface area contributed by atoms with Crippen molar-refractivity contribution >= 4 is 46.6 Å². The van der Waals surface area contributed by atoms with E-state index in [0.29, 0.717) is 11.4 Å². The zero-order valence-corrected chi connectivity index (χ0v) is 17.6. The molecule has 1 atom stereocenters. The van der Waals surface area contributed by atoms with E-state index in [0.717, 1.165) is 17.0 Å². The minimum atomic E-state index is -0.640. The van der Waals surface area contributed by atoms with E-state index in [2.05, 4.69) is 5.32 Å². The first kappa shape index (κ1) is 20.6. The van der Waals surface area contributed by atoms with Crippen LogP contribution in [0.25, 0.3) is 0 Å². The molecule has 1 N–H and O–H groups in total. The number of hydrogen-bond acceptors (Lipinski definition) is 4. The standard InChI is InChI=1S/C21H23ClN2O3S/c1-21(2,13-22)20(26)23-15-6-4-14(5-7-15)19-24(18(25)12-28-19)16-8-10-17(27-3)11-9-16/h4-11,19H,12-13H2,1-3H3,(H,23,26). The van der Waals surface area contributed by atoms with Gasteiger partial charge in [-0.2, -0.15) is 0 Å². The molecular formula is C21H23ClN2O3S. The van der Waals surface area contributed by atoms with Crippen molar-refractivity contribution in [2.45, 2.75) is 19.2 Å². The second-order valence-corrected chi connectivity index (χ2v) is 8.55. The predicted molar refractivity (Wildman–Crippen MR) is 115 cm³/mol. The summed E-state index contributed by atoms with van der Waals surface area (Å²) in [6.45, 7) is 3.61. The lowest BCUT2D eigenvalue weighted by molar-refractivity contribution is -0.123. The molecule has 1 heterocycles. The molecule has 2 aromatic rings. The summed E-state index contributed by atoms with van der Waals surface area (Å²) in [6.07, 6.45) is 0. The Morgan fingerprint density at radius 2 is 1.86 bits per heavy atom. The zero-order valence-electron chi connectivity index (χ0n) is 16.1. The number of rotatable bonds is 6. The van der Waals surface area contributed by atoms with Crippen molar-refractivity contribution in [2.75, 3.05) is 29.0 Å². The third-order valence-corrected chi connectivity index (χ3v) is 6.50. The van der Waals surface area contributed by atoms with Gasteiger partial charge in [0.15, 0.2) is 0 Å². The Morgan fingerprint density at radius 1 is 1.21 bits per heavy atom. The van der Waals surface area contributed by atoms with Gasteiger partial charge in [0.05, 0.1) is 18.3 Å². The highest BCUT2D eigenvalue weighted by molar-refractivity contribution is 8.00. The molecule has 0 bridgehead atoms. The summed E-state index contributed by atoms with van der Waals surface area (Å²) in [7, 11) is 1.61. The predicted octanol–water partition coefficient (Wildman–Crippen LogP) is 4.68. The van der Waals surface area contributed by atoms with Crippen LogP contribution in [0.4, 0.5) is 11.4 Å². The average Bonchev–Trinajstić information content (AvgIpc) is 3.10. The monoisotopic (exact) mass is 418 g/mol. The van der Waals surface area contributed by atoms with E-state index in [1.54, 1.807) is 37.6 Å². The number of anilines is 2. The number of thioether (sulfide) groups is 1. The van der Waals surface area contributed by atoms with Gasteiger partial charge in [-0.3, -0.25) is 14.5 Å². The van der Waals surface area contributed by atoms with E-state index in [-0.39, 0.29) is 23.1 Å². The van der Waals surface area contributed by atoms with Crippen LogP contribution in [0.3, 0.4) is 0 Å². The van der Waals surface area contributed by atoms with Crippen LogP contribution in [0.5, 0.6) is 5.75 Å². The maximum Gasteiger partial charge on any atom is 0.238 e. The molecule has 0 saturated carbocycles. The van der Waals surface area contributed by atoms with Crippen molar-refractivity contribution < 1.29 is 14.3 Å². The lowest BCUT2D eigenvalue weighted by Gasteiger charge is -2.25. The summed E-state index contributed by atoms with van der Waals surface area (Å²) in [5.74, 6) is 1.37. The van der Waals surface area contributed by atoms with Crippen LogP contribution in [0.2, 0.25) is 0 Å². The Labute approximate surface area is 174 Å². The Morgan fingerprint density at radius 3 is 2.43 bits per heavy atom. The number of hydrogen-bond donors (Lipinski definition) is 1. The normalized spacial score (nSPS) is 16.9. The molecule has 1 saturated heterocycles. The minimum Gasteiger partial charge on any atom is -0.497 e. The molecule has 0 aliphatic carbocycles. The smallest absolute Gasteiger partial charge is 0.238 e. The molecule has 1 aliphatic heterocycles. The SMILES string of the molecule is COc1ccc(N2C(=O)CSC2c2ccc(NC(=O)C(C)(C)CCl)cc2)cc1. The summed E-state index contributed by atoms with van der Waals surface area (Å²) in [4.78, 5) is 26.5. The highest BCUT2D eigenvalue weighted by Gasteiger charge is 2.34. The number of ether oxygens (including phenoxy) is 1. The van der Waals surface area contributed by atoms with E-state index in [1.807, 2.05) is 48.5 Å². The van der Waals surface area contributed by atoms with Gasteiger partial charge < -0.3 is 10.1 Å². The Hall–Kier alpha value is -2.18. The molecule has 3 rings (SSSR count). The number of methoxy groups -OCH3 is 1. The largest absolute Gasteiger partial charge is 0.497 e. The third kappa shape index (κ3) is 4.28. The van der Waals surface area contributed by atoms with E-state index in [1.165, 1.54) is 0 Å². The van der Waals surface area contributed by atoms with Gasteiger partial charge in [-0.05, 0) is 55.8 Å². The first-order chi connectivity index (χ1) is 13.4. The zero-order chi connectivity index (χ0) is 20.3. The van der Waals surface area contributed by atoms with Crippen LogP contribution >= 0.6 is 23.4 Å². The highest BCUT2D eigenvalue weighted by atomic mass is 35.5. The van der Waals surface area contributed by atoms with E-state index < -0.39 is 5.41 Å². The number of halogens is 1. The fourth-order valence-corrected chi connectivity index (χ4v) is 4.08. The molecule has 2 aromatic carbocycles. The number of nitrogens with zero attached hydrogens (tertiary/aromatic N) is 1. The molecule has 1 fully saturated rings. The van der Waals surface area contributed by atoms with Crippen LogP contribution < -0.4 is 15.0 Å². The summed E-state index contributed by atoms with van der Waals surface area (Å²) in [5, 5.41) is 2.78. The fraction of sp³-hybridized carbons (Fsp3) is 0.333. The van der Waals surface area contributed by atoms with Crippen LogP contribution in [0.1, 0.15) is 24.8 Å². The molecule has 28 heavy (non-hydrogen) atoms. The molecule has 148 valence electrons. The summed E-state index contributed by atoms with van der Waals surface area (Å²) in [6, 6.07) is 15.1. The fourth-order valence-electron chi connectivity index (χ4n) is 2.78. The summed E-state index contributed by atoms with van der Waals surface area (Å²) >= 11 is 7.45. The van der Waals surface area contributed by atoms with Gasteiger partial charge in [0.2, 0.25) is 11.8 Å². The molecule has 0 radical (unpaired) electrons. The first-order valence-electron chi connectivity index (χ1n) is 8.91. The van der Waals surface area contributed by atoms with Crippen molar-refractivity contribution in [1.82, 2.24) is 0 Å². The topological polar surface area (TPSA) is 58.6 Å². The average molecular weight is 419 g/mol. The number of nitrogens with one attached hydrogen (secondary N) is 1. The molecule has 2 amide bonds. The first-order valence-corrected chi connectivity index (χ1v) is 10.5. The van der Waals surface area contributed by atoms with E-state index >= 15 is 0 Å². The number of alkyl halides is 1. The number of amides is 2. The van der Waals surface area contributed by atoms with Gasteiger partial charge in [0, 0.05) is 17.3 Å². The number of carbonyl (C=O) groups excluding carboxylic acids is 2. The van der Waals surface area contributed by atoms with Gasteiger partial charge in [0.25, 0.3) is 0 Å². The van der Waals surface area contributed by atoms with E-state index in [9.17, 15) is 9.59 Å². The van der Waals surface area contributed by atoms with Crippen molar-refractivity contribution in [2.24, 2.45) is 5.41 Å². The lowest BCUT2D eigenvalue weighted by Crippen LogP contribution is -2.32. The summed E-state index contributed by atoms with van der Waals surface area (Å²) < 4.78 is 5.20. The molecular weight excluding hydrogens is 396 g/mol. The van der Waals surface area contributed by atoms with Gasteiger partial charge in [0.1, 0.15) is 11.1 Å². The maximum atomic E-state index is 12.5. The Balaban J connectivity index is 1.78. The quantitative estimate of drug-likeness (QED) is 0.692. The minimum absolute atomic E-state index is 0.0707. The van der Waals surface area contributed by atoms with Gasteiger partial charge >= 0.3 is 0 Å². The summed E-state index contributed by atoms with van der Waals surface area (Å²) in [5.41, 5.74) is 1.90. The highest BCUT2D eigenvalue weighted by Crippen LogP contribution is 2.42. The second kappa shape index (κ2) is 8.45. The van der Waals surface area contributed by atoms with Crippen LogP contribution in [-0.4, -0.2) is 30.6 Å². The van der Waals surface area contributed by atoms with Gasteiger partial charge in [-0.1, -0.05) is 12.1 Å². The molecule has 5 nitrogen and oxygen atoms in total. The van der Waals surface area contributed by atoms with Gasteiger partial charge in [-0.15, -0.1) is 23.4 Å². The number of benzene rings is 2. The maximum absolute atomic E-state index is 12.5.